The van der Waals surface area contributed by atoms with E-state index in [1.807, 2.05) is 6.08 Å². The molecule has 0 amide bonds. The number of aryl methyl sites for hydroxylation is 2. The third-order valence-corrected chi connectivity index (χ3v) is 6.36. The summed E-state index contributed by atoms with van der Waals surface area (Å²) in [7, 11) is 0. The standard InChI is InChI=1S/C28H34F2/c1-3-5-6-8-22-11-13-23(14-12-22)15-19-28(18-4-2)20-16-24(17-21-28)25-9-7-10-26(29)27(25)30/h7,9-14,16-17,20H,3-6,8,15,18-19,21H2,1-2H3. The van der Waals surface area contributed by atoms with Gasteiger partial charge < -0.3 is 0 Å². The first-order valence-electron chi connectivity index (χ1n) is 11.5. The summed E-state index contributed by atoms with van der Waals surface area (Å²) in [6, 6.07) is 13.5. The van der Waals surface area contributed by atoms with Crippen LogP contribution >= 0.6 is 0 Å². The van der Waals surface area contributed by atoms with Crippen LogP contribution in [-0.2, 0) is 12.8 Å². The van der Waals surface area contributed by atoms with Crippen LogP contribution in [0.2, 0.25) is 0 Å². The van der Waals surface area contributed by atoms with E-state index in [0.29, 0.717) is 5.56 Å². The average molecular weight is 409 g/mol. The van der Waals surface area contributed by atoms with Crippen molar-refractivity contribution >= 4 is 5.57 Å². The molecule has 0 aromatic heterocycles. The number of benzene rings is 2. The van der Waals surface area contributed by atoms with E-state index in [4.69, 9.17) is 0 Å². The minimum Gasteiger partial charge on any atom is -0.204 e. The Kier molecular flexibility index (Phi) is 8.01. The fraction of sp³-hybridized carbons (Fsp3) is 0.429. The molecule has 0 N–H and O–H groups in total. The van der Waals surface area contributed by atoms with Gasteiger partial charge in [-0.15, -0.1) is 0 Å². The van der Waals surface area contributed by atoms with Gasteiger partial charge in [-0.1, -0.05) is 87.7 Å². The minimum absolute atomic E-state index is 0.0991. The SMILES string of the molecule is CCCCCc1ccc(CCC2(CCC)C=CC(c3cccc(F)c3F)=CC2)cc1. The van der Waals surface area contributed by atoms with Crippen molar-refractivity contribution in [2.75, 3.05) is 0 Å². The Morgan fingerprint density at radius 1 is 0.833 bits per heavy atom. The molecule has 1 unspecified atom stereocenters. The second-order valence-electron chi connectivity index (χ2n) is 8.68. The predicted molar refractivity (Wildman–Crippen MR) is 123 cm³/mol. The lowest BCUT2D eigenvalue weighted by Gasteiger charge is -2.32. The highest BCUT2D eigenvalue weighted by Gasteiger charge is 2.28. The Morgan fingerprint density at radius 2 is 1.57 bits per heavy atom. The summed E-state index contributed by atoms with van der Waals surface area (Å²) in [6.45, 7) is 4.45. The van der Waals surface area contributed by atoms with Crippen molar-refractivity contribution in [1.29, 1.82) is 0 Å². The van der Waals surface area contributed by atoms with Crippen molar-refractivity contribution < 1.29 is 8.78 Å². The van der Waals surface area contributed by atoms with Gasteiger partial charge in [0.1, 0.15) is 0 Å². The Morgan fingerprint density at radius 3 is 2.20 bits per heavy atom. The molecule has 30 heavy (non-hydrogen) atoms. The van der Waals surface area contributed by atoms with E-state index in [-0.39, 0.29) is 5.41 Å². The van der Waals surface area contributed by atoms with Gasteiger partial charge in [-0.25, -0.2) is 8.78 Å². The van der Waals surface area contributed by atoms with Gasteiger partial charge in [-0.05, 0) is 66.7 Å². The number of halogens is 2. The first kappa shape index (κ1) is 22.5. The molecule has 2 heteroatoms. The third kappa shape index (κ3) is 5.68. The lowest BCUT2D eigenvalue weighted by atomic mass is 9.72. The molecule has 1 aliphatic rings. The Bertz CT molecular complexity index is 876. The monoisotopic (exact) mass is 408 g/mol. The molecule has 2 aromatic carbocycles. The first-order valence-corrected chi connectivity index (χ1v) is 11.5. The van der Waals surface area contributed by atoms with Crippen LogP contribution < -0.4 is 0 Å². The first-order chi connectivity index (χ1) is 14.6. The van der Waals surface area contributed by atoms with E-state index in [2.05, 4.69) is 50.3 Å². The van der Waals surface area contributed by atoms with Crippen molar-refractivity contribution in [1.82, 2.24) is 0 Å². The van der Waals surface area contributed by atoms with Gasteiger partial charge >= 0.3 is 0 Å². The van der Waals surface area contributed by atoms with Crippen LogP contribution in [0.15, 0.2) is 60.7 Å². The second kappa shape index (κ2) is 10.7. The summed E-state index contributed by atoms with van der Waals surface area (Å²) >= 11 is 0. The van der Waals surface area contributed by atoms with Crippen molar-refractivity contribution in [2.24, 2.45) is 5.41 Å². The molecule has 0 nitrogen and oxygen atoms in total. The zero-order valence-corrected chi connectivity index (χ0v) is 18.4. The van der Waals surface area contributed by atoms with E-state index < -0.39 is 11.6 Å². The fourth-order valence-electron chi connectivity index (χ4n) is 4.48. The minimum atomic E-state index is -0.787. The van der Waals surface area contributed by atoms with Crippen LogP contribution in [0.1, 0.15) is 75.5 Å². The van der Waals surface area contributed by atoms with Crippen molar-refractivity contribution in [2.45, 2.75) is 71.6 Å². The third-order valence-electron chi connectivity index (χ3n) is 6.36. The quantitative estimate of drug-likeness (QED) is 0.346. The maximum absolute atomic E-state index is 14.2. The number of allylic oxidation sites excluding steroid dienone is 4. The Balaban J connectivity index is 1.64. The van der Waals surface area contributed by atoms with Crippen LogP contribution in [0.3, 0.4) is 0 Å². The molecular weight excluding hydrogens is 374 g/mol. The summed E-state index contributed by atoms with van der Waals surface area (Å²) in [5, 5.41) is 0. The molecule has 0 saturated carbocycles. The van der Waals surface area contributed by atoms with Gasteiger partial charge in [-0.3, -0.25) is 0 Å². The maximum Gasteiger partial charge on any atom is 0.166 e. The molecular formula is C28H34F2. The summed E-state index contributed by atoms with van der Waals surface area (Å²) in [5.74, 6) is -1.54. The van der Waals surface area contributed by atoms with Gasteiger partial charge in [0, 0.05) is 5.56 Å². The summed E-state index contributed by atoms with van der Waals surface area (Å²) < 4.78 is 27.8. The molecule has 0 saturated heterocycles. The highest BCUT2D eigenvalue weighted by molar-refractivity contribution is 5.75. The summed E-state index contributed by atoms with van der Waals surface area (Å²) in [4.78, 5) is 0. The van der Waals surface area contributed by atoms with Gasteiger partial charge in [0.25, 0.3) is 0 Å². The molecule has 1 atom stereocenters. The van der Waals surface area contributed by atoms with Gasteiger partial charge in [0.05, 0.1) is 0 Å². The van der Waals surface area contributed by atoms with Gasteiger partial charge in [0.2, 0.25) is 0 Å². The molecule has 160 valence electrons. The van der Waals surface area contributed by atoms with Crippen LogP contribution in [0, 0.1) is 17.0 Å². The van der Waals surface area contributed by atoms with Crippen molar-refractivity contribution in [3.63, 3.8) is 0 Å². The van der Waals surface area contributed by atoms with Crippen molar-refractivity contribution in [3.05, 3.63) is 89.0 Å². The van der Waals surface area contributed by atoms with E-state index in [1.54, 1.807) is 12.1 Å². The van der Waals surface area contributed by atoms with E-state index in [0.717, 1.165) is 37.7 Å². The normalized spacial score (nSPS) is 18.5. The van der Waals surface area contributed by atoms with Crippen LogP contribution in [0.4, 0.5) is 8.78 Å². The molecule has 0 aliphatic heterocycles. The lowest BCUT2D eigenvalue weighted by Crippen LogP contribution is -2.20. The van der Waals surface area contributed by atoms with Crippen LogP contribution in [-0.4, -0.2) is 0 Å². The predicted octanol–water partition coefficient (Wildman–Crippen LogP) is 8.46. The highest BCUT2D eigenvalue weighted by atomic mass is 19.2. The maximum atomic E-state index is 14.2. The molecule has 0 heterocycles. The van der Waals surface area contributed by atoms with E-state index in [1.165, 1.54) is 42.9 Å². The van der Waals surface area contributed by atoms with E-state index >= 15 is 0 Å². The summed E-state index contributed by atoms with van der Waals surface area (Å²) in [5.41, 5.74) is 4.05. The number of rotatable bonds is 10. The molecule has 2 aromatic rings. The zero-order valence-electron chi connectivity index (χ0n) is 18.4. The number of unbranched alkanes of at least 4 members (excludes halogenated alkanes) is 2. The Hall–Kier alpha value is -2.22. The van der Waals surface area contributed by atoms with Crippen LogP contribution in [0.25, 0.3) is 5.57 Å². The summed E-state index contributed by atoms with van der Waals surface area (Å²) in [6.07, 6.45) is 16.5. The zero-order chi connectivity index (χ0) is 21.4. The smallest absolute Gasteiger partial charge is 0.166 e. The molecule has 0 radical (unpaired) electrons. The van der Waals surface area contributed by atoms with Crippen LogP contribution in [0.5, 0.6) is 0 Å². The van der Waals surface area contributed by atoms with E-state index in [9.17, 15) is 8.78 Å². The highest BCUT2D eigenvalue weighted by Crippen LogP contribution is 2.41. The largest absolute Gasteiger partial charge is 0.204 e. The second-order valence-corrected chi connectivity index (χ2v) is 8.68. The fourth-order valence-corrected chi connectivity index (χ4v) is 4.48. The average Bonchev–Trinajstić information content (AvgIpc) is 2.76. The Labute approximate surface area is 180 Å². The van der Waals surface area contributed by atoms with Gasteiger partial charge in [-0.2, -0.15) is 0 Å². The van der Waals surface area contributed by atoms with Crippen molar-refractivity contribution in [3.8, 4) is 0 Å². The molecule has 3 rings (SSSR count). The molecule has 0 fully saturated rings. The number of hydrogen-bond acceptors (Lipinski definition) is 0. The molecule has 1 aliphatic carbocycles. The number of hydrogen-bond donors (Lipinski definition) is 0. The van der Waals surface area contributed by atoms with Gasteiger partial charge in [0.15, 0.2) is 11.6 Å². The topological polar surface area (TPSA) is 0 Å². The molecule has 0 bridgehead atoms. The lowest BCUT2D eigenvalue weighted by molar-refractivity contribution is 0.321. The molecule has 0 spiro atoms.